The topological polar surface area (TPSA) is 85.6 Å². The van der Waals surface area contributed by atoms with Crippen molar-refractivity contribution in [3.05, 3.63) is 35.0 Å². The molecule has 0 spiro atoms. The van der Waals surface area contributed by atoms with Crippen molar-refractivity contribution in [2.24, 2.45) is 0 Å². The fraction of sp³-hybridized carbons (Fsp3) is 0.231. The number of hydrogen-bond donors (Lipinski definition) is 1. The number of imidazole rings is 1. The maximum atomic E-state index is 12.6. The summed E-state index contributed by atoms with van der Waals surface area (Å²) < 4.78 is 68.9. The summed E-state index contributed by atoms with van der Waals surface area (Å²) in [5.41, 5.74) is 0.346. The van der Waals surface area contributed by atoms with Crippen LogP contribution in [-0.2, 0) is 10.0 Å². The van der Waals surface area contributed by atoms with Crippen molar-refractivity contribution in [3.8, 4) is 5.75 Å². The average molecular weight is 392 g/mol. The van der Waals surface area contributed by atoms with E-state index in [1.807, 2.05) is 0 Å². The molecule has 3 rings (SSSR count). The van der Waals surface area contributed by atoms with E-state index in [1.54, 1.807) is 6.92 Å². The van der Waals surface area contributed by atoms with Crippen molar-refractivity contribution < 1.29 is 26.3 Å². The summed E-state index contributed by atoms with van der Waals surface area (Å²) in [6.45, 7) is 3.25. The molecule has 0 aliphatic carbocycles. The van der Waals surface area contributed by atoms with Crippen LogP contribution in [0.1, 0.15) is 10.7 Å². The number of fused-ring (bicyclic) bond motifs is 1. The van der Waals surface area contributed by atoms with Gasteiger partial charge in [-0.25, -0.2) is 4.98 Å². The molecule has 0 saturated carbocycles. The standard InChI is InChI=1S/C13H11F3N4O3S2/c1-7-11(20-12(17-7)24-8(2)18-20)25(21,22)19-9-3-5-10(6-4-9)23-13(14,15)16/h3-6,19H,1-2H3. The molecular formula is C13H11F3N4O3S2. The number of aryl methyl sites for hydroxylation is 2. The van der Waals surface area contributed by atoms with Gasteiger partial charge in [0.25, 0.3) is 10.0 Å². The molecule has 0 amide bonds. The second-order valence-corrected chi connectivity index (χ2v) is 7.75. The maximum Gasteiger partial charge on any atom is 0.573 e. The Morgan fingerprint density at radius 1 is 1.20 bits per heavy atom. The summed E-state index contributed by atoms with van der Waals surface area (Å²) in [6.07, 6.45) is -4.82. The highest BCUT2D eigenvalue weighted by atomic mass is 32.2. The molecule has 1 N–H and O–H groups in total. The fourth-order valence-corrected chi connectivity index (χ4v) is 4.34. The minimum absolute atomic E-state index is 0.0795. The number of halogens is 3. The van der Waals surface area contributed by atoms with Crippen LogP contribution in [0.3, 0.4) is 0 Å². The number of sulfonamides is 1. The SMILES string of the molecule is Cc1nn2c(S(=O)(=O)Nc3ccc(OC(F)(F)F)cc3)c(C)nc2s1. The zero-order chi connectivity index (χ0) is 18.4. The summed E-state index contributed by atoms with van der Waals surface area (Å²) in [6, 6.07) is 4.35. The highest BCUT2D eigenvalue weighted by Crippen LogP contribution is 2.26. The van der Waals surface area contributed by atoms with E-state index in [-0.39, 0.29) is 16.4 Å². The van der Waals surface area contributed by atoms with Crippen LogP contribution in [0.5, 0.6) is 5.75 Å². The molecule has 0 atom stereocenters. The zero-order valence-corrected chi connectivity index (χ0v) is 14.5. The van der Waals surface area contributed by atoms with Gasteiger partial charge in [-0.05, 0) is 38.1 Å². The van der Waals surface area contributed by atoms with Crippen LogP contribution >= 0.6 is 11.3 Å². The largest absolute Gasteiger partial charge is 0.573 e. The highest BCUT2D eigenvalue weighted by Gasteiger charge is 2.31. The normalized spacial score (nSPS) is 12.5. The molecule has 0 saturated heterocycles. The Kier molecular flexibility index (Phi) is 4.11. The van der Waals surface area contributed by atoms with Crippen molar-refractivity contribution in [1.29, 1.82) is 0 Å². The molecule has 12 heteroatoms. The Morgan fingerprint density at radius 2 is 1.84 bits per heavy atom. The van der Waals surface area contributed by atoms with E-state index in [0.29, 0.717) is 9.97 Å². The van der Waals surface area contributed by atoms with Gasteiger partial charge in [-0.1, -0.05) is 11.3 Å². The lowest BCUT2D eigenvalue weighted by Crippen LogP contribution is -2.18. The molecule has 0 bridgehead atoms. The first-order valence-electron chi connectivity index (χ1n) is 6.76. The van der Waals surface area contributed by atoms with Gasteiger partial charge in [0.05, 0.1) is 5.69 Å². The van der Waals surface area contributed by atoms with Gasteiger partial charge in [-0.2, -0.15) is 18.0 Å². The van der Waals surface area contributed by atoms with Crippen LogP contribution in [0.15, 0.2) is 29.3 Å². The quantitative estimate of drug-likeness (QED) is 0.737. The lowest BCUT2D eigenvalue weighted by Gasteiger charge is -2.10. The van der Waals surface area contributed by atoms with Gasteiger partial charge in [0.1, 0.15) is 10.8 Å². The van der Waals surface area contributed by atoms with E-state index in [1.165, 1.54) is 34.9 Å². The van der Waals surface area contributed by atoms with E-state index in [0.717, 1.165) is 12.1 Å². The number of anilines is 1. The Labute approximate surface area is 144 Å². The molecule has 1 aromatic carbocycles. The molecule has 3 aromatic rings. The summed E-state index contributed by atoms with van der Waals surface area (Å²) in [5.74, 6) is -0.450. The van der Waals surface area contributed by atoms with Gasteiger partial charge < -0.3 is 4.74 Å². The van der Waals surface area contributed by atoms with Crippen molar-refractivity contribution in [2.75, 3.05) is 4.72 Å². The molecule has 0 unspecified atom stereocenters. The summed E-state index contributed by atoms with van der Waals surface area (Å²) in [4.78, 5) is 4.59. The molecule has 0 aliphatic heterocycles. The number of benzene rings is 1. The van der Waals surface area contributed by atoms with Crippen LogP contribution < -0.4 is 9.46 Å². The molecule has 0 radical (unpaired) electrons. The molecule has 0 aliphatic rings. The third kappa shape index (κ3) is 3.69. The smallest absolute Gasteiger partial charge is 0.406 e. The third-order valence-electron chi connectivity index (χ3n) is 3.02. The highest BCUT2D eigenvalue weighted by molar-refractivity contribution is 7.92. The molecule has 0 fully saturated rings. The summed E-state index contributed by atoms with van der Waals surface area (Å²) in [5, 5.41) is 4.63. The number of ether oxygens (including phenoxy) is 1. The van der Waals surface area contributed by atoms with E-state index < -0.39 is 22.1 Å². The second kappa shape index (κ2) is 5.88. The predicted octanol–water partition coefficient (Wildman–Crippen LogP) is 3.11. The fourth-order valence-electron chi connectivity index (χ4n) is 2.16. The Hall–Kier alpha value is -2.34. The summed E-state index contributed by atoms with van der Waals surface area (Å²) >= 11 is 1.24. The van der Waals surface area contributed by atoms with Gasteiger partial charge >= 0.3 is 6.36 Å². The number of nitrogens with zero attached hydrogens (tertiary/aromatic N) is 3. The molecule has 2 heterocycles. The number of rotatable bonds is 4. The number of hydrogen-bond acceptors (Lipinski definition) is 6. The van der Waals surface area contributed by atoms with Crippen LogP contribution in [-0.4, -0.2) is 29.4 Å². The molecule has 134 valence electrons. The second-order valence-electron chi connectivity index (χ2n) is 5.00. The average Bonchev–Trinajstić information content (AvgIpc) is 2.93. The number of nitrogens with one attached hydrogen (secondary N) is 1. The molecule has 25 heavy (non-hydrogen) atoms. The van der Waals surface area contributed by atoms with Crippen LogP contribution in [0.4, 0.5) is 18.9 Å². The first-order chi connectivity index (χ1) is 11.5. The van der Waals surface area contributed by atoms with E-state index in [2.05, 4.69) is 19.5 Å². The van der Waals surface area contributed by atoms with E-state index in [4.69, 9.17) is 0 Å². The van der Waals surface area contributed by atoms with Gasteiger partial charge in [-0.3, -0.25) is 4.72 Å². The molecular weight excluding hydrogens is 381 g/mol. The van der Waals surface area contributed by atoms with Gasteiger partial charge in [0.2, 0.25) is 9.99 Å². The Morgan fingerprint density at radius 3 is 2.44 bits per heavy atom. The lowest BCUT2D eigenvalue weighted by molar-refractivity contribution is -0.274. The van der Waals surface area contributed by atoms with Gasteiger partial charge in [0.15, 0.2) is 0 Å². The van der Waals surface area contributed by atoms with E-state index in [9.17, 15) is 21.6 Å². The van der Waals surface area contributed by atoms with Crippen molar-refractivity contribution >= 4 is 32.0 Å². The van der Waals surface area contributed by atoms with Crippen LogP contribution in [0.25, 0.3) is 4.96 Å². The lowest BCUT2D eigenvalue weighted by atomic mass is 10.3. The molecule has 2 aromatic heterocycles. The van der Waals surface area contributed by atoms with Crippen LogP contribution in [0.2, 0.25) is 0 Å². The Balaban J connectivity index is 1.89. The predicted molar refractivity (Wildman–Crippen MR) is 84.3 cm³/mol. The summed E-state index contributed by atoms with van der Waals surface area (Å²) in [7, 11) is -4.03. The zero-order valence-electron chi connectivity index (χ0n) is 12.8. The number of alkyl halides is 3. The first-order valence-corrected chi connectivity index (χ1v) is 9.06. The van der Waals surface area contributed by atoms with Gasteiger partial charge in [0, 0.05) is 5.69 Å². The maximum absolute atomic E-state index is 12.6. The minimum Gasteiger partial charge on any atom is -0.406 e. The Bertz CT molecular complexity index is 1020. The minimum atomic E-state index is -4.82. The first kappa shape index (κ1) is 17.5. The van der Waals surface area contributed by atoms with Gasteiger partial charge in [-0.15, -0.1) is 13.2 Å². The van der Waals surface area contributed by atoms with Crippen molar-refractivity contribution in [1.82, 2.24) is 14.6 Å². The number of aromatic nitrogens is 3. The third-order valence-corrected chi connectivity index (χ3v) is 5.33. The van der Waals surface area contributed by atoms with Crippen molar-refractivity contribution in [2.45, 2.75) is 25.2 Å². The van der Waals surface area contributed by atoms with Crippen LogP contribution in [0, 0.1) is 13.8 Å². The van der Waals surface area contributed by atoms with Crippen molar-refractivity contribution in [3.63, 3.8) is 0 Å². The monoisotopic (exact) mass is 392 g/mol. The van der Waals surface area contributed by atoms with E-state index >= 15 is 0 Å². The molecule has 7 nitrogen and oxygen atoms in total.